The molecule has 0 saturated carbocycles. The predicted octanol–water partition coefficient (Wildman–Crippen LogP) is 4.08. The fourth-order valence-electron chi connectivity index (χ4n) is 3.82. The number of benzene rings is 1. The number of carbonyl (C=O) groups excluding carboxylic acids is 1. The number of thioether (sulfide) groups is 1. The highest BCUT2D eigenvalue weighted by Crippen LogP contribution is 2.32. The van der Waals surface area contributed by atoms with Crippen LogP contribution in [0, 0.1) is 5.92 Å². The molecular weight excluding hydrogens is 410 g/mol. The second kappa shape index (κ2) is 9.96. The monoisotopic (exact) mass is 437 g/mol. The summed E-state index contributed by atoms with van der Waals surface area (Å²) in [4.78, 5) is 19.0. The third-order valence-corrected chi connectivity index (χ3v) is 6.21. The molecule has 1 amide bonds. The van der Waals surface area contributed by atoms with Crippen molar-refractivity contribution < 1.29 is 9.53 Å². The molecule has 3 heterocycles. The number of piperidine rings is 1. The van der Waals surface area contributed by atoms with Gasteiger partial charge in [0.2, 0.25) is 5.91 Å². The topological polar surface area (TPSA) is 73.1 Å². The highest BCUT2D eigenvalue weighted by molar-refractivity contribution is 7.99. The predicted molar refractivity (Wildman–Crippen MR) is 121 cm³/mol. The normalized spacial score (nSPS) is 16.3. The Morgan fingerprint density at radius 1 is 1.23 bits per heavy atom. The first-order valence-electron chi connectivity index (χ1n) is 10.7. The average molecular weight is 438 g/mol. The molecule has 1 aliphatic rings. The van der Waals surface area contributed by atoms with E-state index in [9.17, 15) is 4.79 Å². The number of hydrogen-bond acceptors (Lipinski definition) is 6. The van der Waals surface area contributed by atoms with Gasteiger partial charge >= 0.3 is 0 Å². The van der Waals surface area contributed by atoms with E-state index in [2.05, 4.69) is 22.1 Å². The number of aromatic nitrogens is 4. The van der Waals surface area contributed by atoms with Gasteiger partial charge in [-0.3, -0.25) is 14.3 Å². The molecule has 1 saturated heterocycles. The largest absolute Gasteiger partial charge is 0.492 e. The molecule has 7 nitrogen and oxygen atoms in total. The Hall–Kier alpha value is -2.87. The average Bonchev–Trinajstić information content (AvgIpc) is 3.22. The van der Waals surface area contributed by atoms with Crippen molar-refractivity contribution in [3.05, 3.63) is 48.8 Å². The van der Waals surface area contributed by atoms with Crippen LogP contribution in [0.1, 0.15) is 26.7 Å². The van der Waals surface area contributed by atoms with Crippen LogP contribution in [0.25, 0.3) is 17.1 Å². The molecule has 8 heteroatoms. The van der Waals surface area contributed by atoms with Crippen LogP contribution in [0.15, 0.2) is 53.9 Å². The molecule has 2 aromatic heterocycles. The molecule has 0 aliphatic carbocycles. The number of amides is 1. The highest BCUT2D eigenvalue weighted by atomic mass is 32.2. The molecule has 3 aromatic rings. The molecule has 4 rings (SSSR count). The van der Waals surface area contributed by atoms with Crippen molar-refractivity contribution in [2.24, 2.45) is 5.92 Å². The number of rotatable bonds is 7. The van der Waals surface area contributed by atoms with Gasteiger partial charge in [-0.25, -0.2) is 0 Å². The fourth-order valence-corrected chi connectivity index (χ4v) is 4.66. The maximum Gasteiger partial charge on any atom is 0.233 e. The summed E-state index contributed by atoms with van der Waals surface area (Å²) in [6.45, 7) is 6.38. The van der Waals surface area contributed by atoms with Crippen molar-refractivity contribution in [3.8, 4) is 22.8 Å². The Morgan fingerprint density at radius 2 is 2.10 bits per heavy atom. The maximum absolute atomic E-state index is 12.8. The lowest BCUT2D eigenvalue weighted by atomic mass is 10.0. The van der Waals surface area contributed by atoms with Gasteiger partial charge in [-0.1, -0.05) is 30.8 Å². The van der Waals surface area contributed by atoms with E-state index < -0.39 is 0 Å². The molecule has 0 N–H and O–H groups in total. The van der Waals surface area contributed by atoms with E-state index >= 15 is 0 Å². The van der Waals surface area contributed by atoms with Crippen LogP contribution in [-0.2, 0) is 4.79 Å². The second-order valence-corrected chi connectivity index (χ2v) is 8.60. The first-order chi connectivity index (χ1) is 15.2. The molecule has 1 aromatic carbocycles. The van der Waals surface area contributed by atoms with Crippen molar-refractivity contribution in [1.82, 2.24) is 24.6 Å². The van der Waals surface area contributed by atoms with Crippen molar-refractivity contribution in [3.63, 3.8) is 0 Å². The van der Waals surface area contributed by atoms with Gasteiger partial charge in [-0.2, -0.15) is 0 Å². The Balaban J connectivity index is 1.65. The number of ether oxygens (including phenoxy) is 1. The zero-order chi connectivity index (χ0) is 21.6. The Morgan fingerprint density at radius 3 is 2.87 bits per heavy atom. The highest BCUT2D eigenvalue weighted by Gasteiger charge is 2.23. The summed E-state index contributed by atoms with van der Waals surface area (Å²) in [5.74, 6) is 2.44. The number of pyridine rings is 1. The molecule has 31 heavy (non-hydrogen) atoms. The summed E-state index contributed by atoms with van der Waals surface area (Å²) in [5, 5.41) is 9.52. The number of likely N-dealkylation sites (tertiary alicyclic amines) is 1. The lowest BCUT2D eigenvalue weighted by Gasteiger charge is -2.30. The quantitative estimate of drug-likeness (QED) is 0.519. The van der Waals surface area contributed by atoms with Crippen molar-refractivity contribution in [1.29, 1.82) is 0 Å². The van der Waals surface area contributed by atoms with Crippen LogP contribution < -0.4 is 4.74 Å². The summed E-state index contributed by atoms with van der Waals surface area (Å²) in [7, 11) is 0. The van der Waals surface area contributed by atoms with Crippen molar-refractivity contribution in [2.75, 3.05) is 25.4 Å². The molecule has 0 bridgehead atoms. The molecule has 1 unspecified atom stereocenters. The minimum atomic E-state index is 0.145. The Kier molecular flexibility index (Phi) is 6.86. The van der Waals surface area contributed by atoms with Crippen LogP contribution in [0.4, 0.5) is 0 Å². The van der Waals surface area contributed by atoms with Gasteiger partial charge in [0.05, 0.1) is 18.0 Å². The third kappa shape index (κ3) is 4.90. The lowest BCUT2D eigenvalue weighted by molar-refractivity contribution is -0.130. The van der Waals surface area contributed by atoms with Crippen LogP contribution in [0.3, 0.4) is 0 Å². The van der Waals surface area contributed by atoms with Gasteiger partial charge in [-0.15, -0.1) is 10.2 Å². The molecule has 1 atom stereocenters. The van der Waals surface area contributed by atoms with Gasteiger partial charge in [0.15, 0.2) is 11.0 Å². The maximum atomic E-state index is 12.8. The van der Waals surface area contributed by atoms with Crippen molar-refractivity contribution in [2.45, 2.75) is 31.8 Å². The first-order valence-corrected chi connectivity index (χ1v) is 11.6. The van der Waals surface area contributed by atoms with Gasteiger partial charge in [0, 0.05) is 31.0 Å². The standard InChI is InChI=1S/C23H27N5O2S/c1-3-30-20-11-5-4-10-19(20)28-22(18-9-6-12-24-14-18)25-26-23(28)31-16-21(29)27-13-7-8-17(2)15-27/h4-6,9-12,14,17H,3,7-8,13,15-16H2,1-2H3. The Bertz CT molecular complexity index is 1020. The van der Waals surface area contributed by atoms with E-state index in [4.69, 9.17) is 4.74 Å². The van der Waals surface area contributed by atoms with Crippen LogP contribution in [-0.4, -0.2) is 56.0 Å². The summed E-state index contributed by atoms with van der Waals surface area (Å²) in [6.07, 6.45) is 5.75. The van der Waals surface area contributed by atoms with Gasteiger partial charge in [-0.05, 0) is 49.9 Å². The second-order valence-electron chi connectivity index (χ2n) is 7.66. The summed E-state index contributed by atoms with van der Waals surface area (Å²) < 4.78 is 7.82. The smallest absolute Gasteiger partial charge is 0.233 e. The summed E-state index contributed by atoms with van der Waals surface area (Å²) >= 11 is 1.41. The van der Waals surface area contributed by atoms with Crippen molar-refractivity contribution >= 4 is 17.7 Å². The zero-order valence-electron chi connectivity index (χ0n) is 17.9. The zero-order valence-corrected chi connectivity index (χ0v) is 18.7. The van der Waals surface area contributed by atoms with E-state index in [1.54, 1.807) is 12.4 Å². The molecule has 0 spiro atoms. The van der Waals surface area contributed by atoms with E-state index in [0.29, 0.717) is 29.3 Å². The number of carbonyl (C=O) groups is 1. The molecule has 162 valence electrons. The number of hydrogen-bond donors (Lipinski definition) is 0. The van der Waals surface area contributed by atoms with Crippen LogP contribution in [0.2, 0.25) is 0 Å². The third-order valence-electron chi connectivity index (χ3n) is 5.29. The molecule has 1 aliphatic heterocycles. The van der Waals surface area contributed by atoms with Crippen LogP contribution in [0.5, 0.6) is 5.75 Å². The lowest BCUT2D eigenvalue weighted by Crippen LogP contribution is -2.40. The van der Waals surface area contributed by atoms with Crippen LogP contribution >= 0.6 is 11.8 Å². The molecule has 0 radical (unpaired) electrons. The fraction of sp³-hybridized carbons (Fsp3) is 0.391. The molecule has 1 fully saturated rings. The first kappa shape index (κ1) is 21.4. The number of nitrogens with zero attached hydrogens (tertiary/aromatic N) is 5. The summed E-state index contributed by atoms with van der Waals surface area (Å²) in [5.41, 5.74) is 1.69. The molecular formula is C23H27N5O2S. The minimum Gasteiger partial charge on any atom is -0.492 e. The Labute approximate surface area is 186 Å². The number of para-hydroxylation sites is 2. The van der Waals surface area contributed by atoms with Gasteiger partial charge in [0.1, 0.15) is 5.75 Å². The van der Waals surface area contributed by atoms with Gasteiger partial charge in [0.25, 0.3) is 0 Å². The van der Waals surface area contributed by atoms with E-state index in [-0.39, 0.29) is 5.91 Å². The summed E-state index contributed by atoms with van der Waals surface area (Å²) in [6, 6.07) is 11.6. The van der Waals surface area contributed by atoms with E-state index in [1.807, 2.05) is 52.8 Å². The van der Waals surface area contributed by atoms with E-state index in [0.717, 1.165) is 36.5 Å². The van der Waals surface area contributed by atoms with E-state index in [1.165, 1.54) is 18.2 Å². The van der Waals surface area contributed by atoms with Gasteiger partial charge < -0.3 is 9.64 Å². The SMILES string of the molecule is CCOc1ccccc1-n1c(SCC(=O)N2CCCC(C)C2)nnc1-c1cccnc1. The minimum absolute atomic E-state index is 0.145.